The first-order chi connectivity index (χ1) is 9.00. The molecule has 6 nitrogen and oxygen atoms in total. The van der Waals surface area contributed by atoms with Crippen LogP contribution in [0.15, 0.2) is 29.8 Å². The van der Waals surface area contributed by atoms with Crippen LogP contribution in [0.3, 0.4) is 0 Å². The Balaban J connectivity index is 2.51. The first-order valence-corrected chi connectivity index (χ1v) is 5.92. The van der Waals surface area contributed by atoms with Crippen LogP contribution in [0, 0.1) is 10.1 Å². The molecule has 0 fully saturated rings. The second kappa shape index (κ2) is 5.09. The van der Waals surface area contributed by atoms with E-state index in [1.54, 1.807) is 12.1 Å². The third kappa shape index (κ3) is 2.57. The summed E-state index contributed by atoms with van der Waals surface area (Å²) >= 11 is 0. The minimum atomic E-state index is -1.28. The molecule has 100 valence electrons. The van der Waals surface area contributed by atoms with E-state index in [2.05, 4.69) is 6.08 Å². The van der Waals surface area contributed by atoms with E-state index >= 15 is 0 Å². The number of carbonyl (C=O) groups is 1. The molecule has 0 unspecified atom stereocenters. The van der Waals surface area contributed by atoms with Crippen LogP contribution in [-0.4, -0.2) is 29.1 Å². The zero-order valence-corrected chi connectivity index (χ0v) is 10.5. The number of rotatable bonds is 3. The lowest BCUT2D eigenvalue weighted by atomic mass is 10.1. The van der Waals surface area contributed by atoms with Gasteiger partial charge in [-0.25, -0.2) is 4.79 Å². The monoisotopic (exact) mass is 262 g/mol. The Kier molecular flexibility index (Phi) is 3.50. The molecule has 1 aliphatic heterocycles. The predicted molar refractivity (Wildman–Crippen MR) is 70.6 cm³/mol. The van der Waals surface area contributed by atoms with E-state index in [0.29, 0.717) is 18.8 Å². The number of carboxylic acids is 1. The normalized spacial score (nSPS) is 15.0. The van der Waals surface area contributed by atoms with E-state index in [0.717, 1.165) is 12.0 Å². The molecule has 1 aromatic rings. The number of hydrogen-bond acceptors (Lipinski definition) is 4. The van der Waals surface area contributed by atoms with Crippen LogP contribution in [-0.2, 0) is 0 Å². The number of anilines is 1. The van der Waals surface area contributed by atoms with Crippen LogP contribution in [0.5, 0.6) is 0 Å². The van der Waals surface area contributed by atoms with Crippen molar-refractivity contribution in [1.29, 1.82) is 0 Å². The summed E-state index contributed by atoms with van der Waals surface area (Å²) in [5.74, 6) is -1.28. The lowest BCUT2D eigenvalue weighted by Crippen LogP contribution is -2.30. The summed E-state index contributed by atoms with van der Waals surface area (Å²) < 4.78 is 0. The van der Waals surface area contributed by atoms with Crippen molar-refractivity contribution in [1.82, 2.24) is 0 Å². The maximum Gasteiger partial charge on any atom is 0.342 e. The molecule has 1 aromatic carbocycles. The van der Waals surface area contributed by atoms with Gasteiger partial charge in [0, 0.05) is 13.1 Å². The number of para-hydroxylation sites is 1. The summed E-state index contributed by atoms with van der Waals surface area (Å²) in [4.78, 5) is 23.5. The van der Waals surface area contributed by atoms with E-state index in [9.17, 15) is 14.9 Å². The fourth-order valence-electron chi connectivity index (χ4n) is 2.27. The topological polar surface area (TPSA) is 83.7 Å². The van der Waals surface area contributed by atoms with E-state index < -0.39 is 10.9 Å². The molecule has 0 aromatic heterocycles. The lowest BCUT2D eigenvalue weighted by molar-refractivity contribution is -0.384. The molecule has 0 aliphatic carbocycles. The van der Waals surface area contributed by atoms with Crippen LogP contribution in [0.4, 0.5) is 11.4 Å². The van der Waals surface area contributed by atoms with Crippen LogP contribution in [0.1, 0.15) is 23.7 Å². The number of nitrogens with zero attached hydrogens (tertiary/aromatic N) is 2. The number of benzene rings is 1. The Hall–Kier alpha value is -2.37. The van der Waals surface area contributed by atoms with Gasteiger partial charge in [0.2, 0.25) is 0 Å². The molecule has 19 heavy (non-hydrogen) atoms. The second-order valence-corrected chi connectivity index (χ2v) is 4.50. The minimum Gasteiger partial charge on any atom is -0.477 e. The van der Waals surface area contributed by atoms with Crippen molar-refractivity contribution in [3.05, 3.63) is 45.5 Å². The van der Waals surface area contributed by atoms with Gasteiger partial charge < -0.3 is 10.0 Å². The average Bonchev–Trinajstić information content (AvgIpc) is 2.37. The Morgan fingerprint density at radius 2 is 2.21 bits per heavy atom. The highest BCUT2D eigenvalue weighted by Crippen LogP contribution is 2.33. The molecule has 1 N–H and O–H groups in total. The Morgan fingerprint density at radius 1 is 1.47 bits per heavy atom. The first kappa shape index (κ1) is 13.1. The largest absolute Gasteiger partial charge is 0.477 e. The van der Waals surface area contributed by atoms with E-state index in [-0.39, 0.29) is 11.3 Å². The molecule has 0 spiro atoms. The Labute approximate surface area is 110 Å². The summed E-state index contributed by atoms with van der Waals surface area (Å²) in [6.07, 6.45) is 2.89. The summed E-state index contributed by atoms with van der Waals surface area (Å²) in [5, 5.41) is 20.2. The predicted octanol–water partition coefficient (Wildman–Crippen LogP) is 2.45. The van der Waals surface area contributed by atoms with Crippen LogP contribution in [0.2, 0.25) is 0 Å². The van der Waals surface area contributed by atoms with Crippen molar-refractivity contribution in [2.24, 2.45) is 0 Å². The van der Waals surface area contributed by atoms with Gasteiger partial charge in [-0.05, 0) is 25.5 Å². The minimum absolute atomic E-state index is 0.269. The molecule has 0 saturated heterocycles. The van der Waals surface area contributed by atoms with Crippen molar-refractivity contribution in [2.45, 2.75) is 13.3 Å². The molecule has 1 heterocycles. The Bertz CT molecular complexity index is 566. The summed E-state index contributed by atoms with van der Waals surface area (Å²) in [6.45, 7) is 3.20. The standard InChI is InChI=1S/C13H14N2O4/c1-9-4-3-7-14(8-9)11-6-2-5-10(13(16)17)12(11)15(18)19/h2,4-6H,3,7-8H2,1H3,(H,16,17). The van der Waals surface area contributed by atoms with Gasteiger partial charge in [-0.1, -0.05) is 17.7 Å². The molecule has 0 amide bonds. The van der Waals surface area contributed by atoms with Gasteiger partial charge in [-0.15, -0.1) is 0 Å². The zero-order chi connectivity index (χ0) is 14.0. The maximum absolute atomic E-state index is 11.2. The molecule has 2 rings (SSSR count). The summed E-state index contributed by atoms with van der Waals surface area (Å²) in [5.41, 5.74) is 0.901. The molecule has 0 saturated carbocycles. The third-order valence-corrected chi connectivity index (χ3v) is 3.10. The van der Waals surface area contributed by atoms with Crippen molar-refractivity contribution in [3.8, 4) is 0 Å². The van der Waals surface area contributed by atoms with E-state index in [1.165, 1.54) is 6.07 Å². The van der Waals surface area contributed by atoms with Gasteiger partial charge >= 0.3 is 11.7 Å². The fraction of sp³-hybridized carbons (Fsp3) is 0.308. The number of aromatic carboxylic acids is 1. The van der Waals surface area contributed by atoms with E-state index in [4.69, 9.17) is 5.11 Å². The molecule has 1 aliphatic rings. The zero-order valence-electron chi connectivity index (χ0n) is 10.5. The highest BCUT2D eigenvalue weighted by molar-refractivity contribution is 5.95. The van der Waals surface area contributed by atoms with Crippen LogP contribution >= 0.6 is 0 Å². The highest BCUT2D eigenvalue weighted by atomic mass is 16.6. The van der Waals surface area contributed by atoms with Crippen molar-refractivity contribution in [3.63, 3.8) is 0 Å². The Morgan fingerprint density at radius 3 is 2.79 bits per heavy atom. The molecule has 0 radical (unpaired) electrons. The smallest absolute Gasteiger partial charge is 0.342 e. The van der Waals surface area contributed by atoms with Gasteiger partial charge in [-0.3, -0.25) is 10.1 Å². The van der Waals surface area contributed by atoms with Gasteiger partial charge in [-0.2, -0.15) is 0 Å². The second-order valence-electron chi connectivity index (χ2n) is 4.50. The van der Waals surface area contributed by atoms with Gasteiger partial charge in [0.25, 0.3) is 0 Å². The van der Waals surface area contributed by atoms with Crippen LogP contribution in [0.25, 0.3) is 0 Å². The molecular weight excluding hydrogens is 248 g/mol. The first-order valence-electron chi connectivity index (χ1n) is 5.92. The van der Waals surface area contributed by atoms with Crippen LogP contribution < -0.4 is 4.90 Å². The summed E-state index contributed by atoms with van der Waals surface area (Å²) in [6, 6.07) is 4.40. The molecule has 0 atom stereocenters. The molecular formula is C13H14N2O4. The van der Waals surface area contributed by atoms with Crippen molar-refractivity contribution in [2.75, 3.05) is 18.0 Å². The molecule has 0 bridgehead atoms. The van der Waals surface area contributed by atoms with Gasteiger partial charge in [0.05, 0.1) is 4.92 Å². The third-order valence-electron chi connectivity index (χ3n) is 3.10. The number of carboxylic acid groups (broad SMARTS) is 1. The maximum atomic E-state index is 11.2. The summed E-state index contributed by atoms with van der Waals surface area (Å²) in [7, 11) is 0. The SMILES string of the molecule is CC1=CCCN(c2cccc(C(=O)O)c2[N+](=O)[O-])C1. The molecule has 6 heteroatoms. The van der Waals surface area contributed by atoms with E-state index in [1.807, 2.05) is 11.8 Å². The number of nitro groups is 1. The van der Waals surface area contributed by atoms with Gasteiger partial charge in [0.1, 0.15) is 11.3 Å². The van der Waals surface area contributed by atoms with Crippen molar-refractivity contribution >= 4 is 17.3 Å². The fourth-order valence-corrected chi connectivity index (χ4v) is 2.27. The number of nitro benzene ring substituents is 1. The average molecular weight is 262 g/mol. The highest BCUT2D eigenvalue weighted by Gasteiger charge is 2.27. The quantitative estimate of drug-likeness (QED) is 0.514. The van der Waals surface area contributed by atoms with Gasteiger partial charge in [0.15, 0.2) is 0 Å². The lowest BCUT2D eigenvalue weighted by Gasteiger charge is -2.28. The number of hydrogen-bond donors (Lipinski definition) is 1. The van der Waals surface area contributed by atoms with Crippen molar-refractivity contribution < 1.29 is 14.8 Å².